The summed E-state index contributed by atoms with van der Waals surface area (Å²) in [4.78, 5) is 28.4. The van der Waals surface area contributed by atoms with Gasteiger partial charge in [0.2, 0.25) is 5.90 Å². The van der Waals surface area contributed by atoms with Crippen LogP contribution in [0.4, 0.5) is 0 Å². The molecule has 6 nitrogen and oxygen atoms in total. The second-order valence-corrected chi connectivity index (χ2v) is 7.47. The van der Waals surface area contributed by atoms with Gasteiger partial charge in [-0.3, -0.25) is 4.79 Å². The fraction of sp³-hybridized carbons (Fsp3) is 0.150. The van der Waals surface area contributed by atoms with Crippen LogP contribution in [-0.2, 0) is 14.3 Å². The van der Waals surface area contributed by atoms with E-state index >= 15 is 0 Å². The van der Waals surface area contributed by atoms with E-state index in [9.17, 15) is 9.59 Å². The number of benzene rings is 2. The number of halogens is 2. The molecule has 0 spiro atoms. The summed E-state index contributed by atoms with van der Waals surface area (Å²) in [5.41, 5.74) is 1.21. The topological polar surface area (TPSA) is 74.2 Å². The van der Waals surface area contributed by atoms with Gasteiger partial charge in [0.05, 0.1) is 11.6 Å². The van der Waals surface area contributed by atoms with Gasteiger partial charge in [-0.05, 0) is 52.3 Å². The van der Waals surface area contributed by atoms with Crippen LogP contribution in [0.5, 0.6) is 11.5 Å². The number of hydrogen-bond acceptors (Lipinski definition) is 6. The van der Waals surface area contributed by atoms with Gasteiger partial charge in [0.1, 0.15) is 5.75 Å². The second kappa shape index (κ2) is 8.70. The highest BCUT2D eigenvalue weighted by Crippen LogP contribution is 2.35. The predicted octanol–water partition coefficient (Wildman–Crippen LogP) is 4.88. The number of cyclic esters (lactones) is 1. The van der Waals surface area contributed by atoms with Crippen LogP contribution in [0, 0.1) is 0 Å². The van der Waals surface area contributed by atoms with Gasteiger partial charge in [-0.2, -0.15) is 0 Å². The molecule has 0 atom stereocenters. The molecule has 0 unspecified atom stereocenters. The molecule has 0 radical (unpaired) electrons. The van der Waals surface area contributed by atoms with Gasteiger partial charge in [-0.15, -0.1) is 0 Å². The number of hydrogen-bond donors (Lipinski definition) is 0. The summed E-state index contributed by atoms with van der Waals surface area (Å²) in [5.74, 6) is 0.119. The lowest BCUT2D eigenvalue weighted by atomic mass is 10.1. The van der Waals surface area contributed by atoms with Crippen LogP contribution in [0.1, 0.15) is 24.5 Å². The van der Waals surface area contributed by atoms with Crippen LogP contribution in [0.2, 0.25) is 0 Å². The van der Waals surface area contributed by atoms with Crippen molar-refractivity contribution < 1.29 is 23.8 Å². The third-order valence-corrected chi connectivity index (χ3v) is 4.82. The Morgan fingerprint density at radius 2 is 2.04 bits per heavy atom. The lowest BCUT2D eigenvalue weighted by Gasteiger charge is -2.10. The minimum atomic E-state index is -0.596. The average Bonchev–Trinajstić information content (AvgIpc) is 3.04. The Labute approximate surface area is 178 Å². The van der Waals surface area contributed by atoms with E-state index in [1.165, 1.54) is 6.08 Å². The number of carbonyl (C=O) groups is 2. The third-order valence-electron chi connectivity index (χ3n) is 3.77. The molecule has 2 aromatic rings. The largest absolute Gasteiger partial charge is 0.497 e. The van der Waals surface area contributed by atoms with Crippen molar-refractivity contribution in [2.75, 3.05) is 7.11 Å². The molecule has 0 aliphatic carbocycles. The molecular formula is C20H15Br2NO5. The van der Waals surface area contributed by atoms with Crippen molar-refractivity contribution in [3.8, 4) is 11.5 Å². The summed E-state index contributed by atoms with van der Waals surface area (Å²) in [6.07, 6.45) is 1.74. The molecule has 3 rings (SSSR count). The Hall–Kier alpha value is -2.45. The molecule has 0 saturated heterocycles. The second-order valence-electron chi connectivity index (χ2n) is 5.70. The van der Waals surface area contributed by atoms with Crippen LogP contribution in [0.3, 0.4) is 0 Å². The van der Waals surface area contributed by atoms with Gasteiger partial charge >= 0.3 is 11.9 Å². The van der Waals surface area contributed by atoms with Gasteiger partial charge in [0.15, 0.2) is 11.4 Å². The summed E-state index contributed by atoms with van der Waals surface area (Å²) in [6, 6.07) is 10.5. The van der Waals surface area contributed by atoms with E-state index in [4.69, 9.17) is 14.2 Å². The number of rotatable bonds is 5. The molecule has 8 heteroatoms. The molecule has 2 aromatic carbocycles. The van der Waals surface area contributed by atoms with Crippen molar-refractivity contribution >= 4 is 55.8 Å². The highest BCUT2D eigenvalue weighted by Gasteiger charge is 2.25. The monoisotopic (exact) mass is 507 g/mol. The molecule has 1 heterocycles. The van der Waals surface area contributed by atoms with Crippen LogP contribution in [0.25, 0.3) is 6.08 Å². The Morgan fingerprint density at radius 3 is 2.75 bits per heavy atom. The van der Waals surface area contributed by atoms with Crippen LogP contribution in [0.15, 0.2) is 56.0 Å². The first kappa shape index (κ1) is 20.3. The maximum Gasteiger partial charge on any atom is 0.363 e. The molecule has 0 aromatic heterocycles. The van der Waals surface area contributed by atoms with Gasteiger partial charge < -0.3 is 14.2 Å². The van der Waals surface area contributed by atoms with E-state index in [0.29, 0.717) is 27.1 Å². The standard InChI is InChI=1S/C20H15Br2NO5/c1-3-17(24)27-18-12(7-13(21)10-15(18)22)9-16-20(25)28-19(23-16)11-5-4-6-14(8-11)26-2/h4-10H,3H2,1-2H3/b16-9-. The number of aliphatic imine (C=N–C) groups is 1. The highest BCUT2D eigenvalue weighted by atomic mass is 79.9. The molecule has 28 heavy (non-hydrogen) atoms. The van der Waals surface area contributed by atoms with E-state index in [-0.39, 0.29) is 18.0 Å². The zero-order valence-corrected chi connectivity index (χ0v) is 18.2. The van der Waals surface area contributed by atoms with Crippen LogP contribution in [-0.4, -0.2) is 24.9 Å². The van der Waals surface area contributed by atoms with Crippen molar-refractivity contribution in [2.45, 2.75) is 13.3 Å². The van der Waals surface area contributed by atoms with E-state index in [0.717, 1.165) is 4.47 Å². The first-order valence-corrected chi connectivity index (χ1v) is 9.86. The summed E-state index contributed by atoms with van der Waals surface area (Å²) in [6.45, 7) is 1.70. The zero-order valence-electron chi connectivity index (χ0n) is 15.0. The van der Waals surface area contributed by atoms with Crippen LogP contribution < -0.4 is 9.47 Å². The molecule has 0 saturated carbocycles. The average molecular weight is 509 g/mol. The van der Waals surface area contributed by atoms with E-state index in [1.807, 2.05) is 0 Å². The van der Waals surface area contributed by atoms with Crippen molar-refractivity contribution in [1.29, 1.82) is 0 Å². The molecule has 0 N–H and O–H groups in total. The molecule has 0 amide bonds. The van der Waals surface area contributed by atoms with Crippen molar-refractivity contribution in [1.82, 2.24) is 0 Å². The molecule has 144 valence electrons. The quantitative estimate of drug-likeness (QED) is 0.327. The highest BCUT2D eigenvalue weighted by molar-refractivity contribution is 9.11. The first-order chi connectivity index (χ1) is 13.4. The minimum Gasteiger partial charge on any atom is -0.497 e. The maximum absolute atomic E-state index is 12.3. The van der Waals surface area contributed by atoms with E-state index < -0.39 is 11.9 Å². The van der Waals surface area contributed by atoms with E-state index in [2.05, 4.69) is 36.9 Å². The molecule has 0 bridgehead atoms. The Bertz CT molecular complexity index is 1010. The zero-order chi connectivity index (χ0) is 20.3. The number of nitrogens with zero attached hydrogens (tertiary/aromatic N) is 1. The fourth-order valence-electron chi connectivity index (χ4n) is 2.42. The molecular weight excluding hydrogens is 494 g/mol. The third kappa shape index (κ3) is 4.51. The maximum atomic E-state index is 12.3. The number of carbonyl (C=O) groups excluding carboxylic acids is 2. The summed E-state index contributed by atoms with van der Waals surface area (Å²) in [7, 11) is 1.55. The van der Waals surface area contributed by atoms with Crippen molar-refractivity contribution in [3.63, 3.8) is 0 Å². The molecule has 1 aliphatic heterocycles. The smallest absolute Gasteiger partial charge is 0.363 e. The summed E-state index contributed by atoms with van der Waals surface area (Å²) < 4.78 is 17.2. The summed E-state index contributed by atoms with van der Waals surface area (Å²) in [5, 5.41) is 0. The Kier molecular flexibility index (Phi) is 6.31. The number of esters is 2. The van der Waals surface area contributed by atoms with Crippen LogP contribution >= 0.6 is 31.9 Å². The van der Waals surface area contributed by atoms with Gasteiger partial charge in [0.25, 0.3) is 0 Å². The minimum absolute atomic E-state index is 0.0941. The van der Waals surface area contributed by atoms with Gasteiger partial charge in [-0.1, -0.05) is 28.9 Å². The summed E-state index contributed by atoms with van der Waals surface area (Å²) >= 11 is 6.78. The van der Waals surface area contributed by atoms with E-state index in [1.54, 1.807) is 50.4 Å². The lowest BCUT2D eigenvalue weighted by molar-refractivity contribution is -0.134. The van der Waals surface area contributed by atoms with Crippen molar-refractivity contribution in [2.24, 2.45) is 4.99 Å². The predicted molar refractivity (Wildman–Crippen MR) is 111 cm³/mol. The normalized spacial score (nSPS) is 14.6. The van der Waals surface area contributed by atoms with Gasteiger partial charge in [0, 0.05) is 22.0 Å². The lowest BCUT2D eigenvalue weighted by Crippen LogP contribution is -2.07. The Balaban J connectivity index is 2.02. The Morgan fingerprint density at radius 1 is 1.25 bits per heavy atom. The number of methoxy groups -OCH3 is 1. The fourth-order valence-corrected chi connectivity index (χ4v) is 3.76. The van der Waals surface area contributed by atoms with Gasteiger partial charge in [-0.25, -0.2) is 9.79 Å². The molecule has 1 aliphatic rings. The first-order valence-electron chi connectivity index (χ1n) is 8.28. The molecule has 0 fully saturated rings. The van der Waals surface area contributed by atoms with Crippen molar-refractivity contribution in [3.05, 3.63) is 62.2 Å². The number of ether oxygens (including phenoxy) is 3. The SMILES string of the molecule is CCC(=O)Oc1c(Br)cc(Br)cc1/C=C1\N=C(c2cccc(OC)c2)OC1=O.